The Balaban J connectivity index is 2.53. The number of hydrogen-bond acceptors (Lipinski definition) is 4. The number of amides is 1. The predicted molar refractivity (Wildman–Crippen MR) is 70.1 cm³/mol. The van der Waals surface area contributed by atoms with Crippen LogP contribution in [0, 0.1) is 5.92 Å². The number of nitrogens with two attached hydrogens (primary N) is 1. The smallest absolute Gasteiger partial charge is 0.221 e. The minimum absolute atomic E-state index is 0.0863. The van der Waals surface area contributed by atoms with Gasteiger partial charge in [-0.3, -0.25) is 4.79 Å². The van der Waals surface area contributed by atoms with Crippen molar-refractivity contribution in [2.45, 2.75) is 33.4 Å². The lowest BCUT2D eigenvalue weighted by molar-refractivity contribution is -0.121. The Morgan fingerprint density at radius 2 is 2.22 bits per heavy atom. The number of nitrogens with zero attached hydrogens (tertiary/aromatic N) is 1. The van der Waals surface area contributed by atoms with Crippen LogP contribution in [-0.4, -0.2) is 23.5 Å². The molecule has 1 unspecified atom stereocenters. The number of carbonyl (C=O) groups excluding carboxylic acids is 1. The SMILES string of the molecule is CC(C)Oc1ncccc1CNCC(C)C(N)=O. The predicted octanol–water partition coefficient (Wildman–Crippen LogP) is 1.08. The van der Waals surface area contributed by atoms with E-state index in [1.807, 2.05) is 26.0 Å². The molecule has 0 spiro atoms. The molecule has 1 rings (SSSR count). The van der Waals surface area contributed by atoms with Gasteiger partial charge in [-0.1, -0.05) is 13.0 Å². The molecule has 5 heteroatoms. The first-order valence-corrected chi connectivity index (χ1v) is 6.11. The number of aromatic nitrogens is 1. The topological polar surface area (TPSA) is 77.2 Å². The van der Waals surface area contributed by atoms with Gasteiger partial charge in [-0.05, 0) is 19.9 Å². The maximum absolute atomic E-state index is 10.9. The lowest BCUT2D eigenvalue weighted by atomic mass is 10.1. The van der Waals surface area contributed by atoms with Crippen LogP contribution < -0.4 is 15.8 Å². The third kappa shape index (κ3) is 4.71. The Bertz CT molecular complexity index is 394. The fourth-order valence-electron chi connectivity index (χ4n) is 1.41. The van der Waals surface area contributed by atoms with Crippen molar-refractivity contribution in [1.29, 1.82) is 0 Å². The van der Waals surface area contributed by atoms with Crippen LogP contribution in [-0.2, 0) is 11.3 Å². The Morgan fingerprint density at radius 1 is 1.50 bits per heavy atom. The second-order valence-electron chi connectivity index (χ2n) is 4.57. The molecule has 1 amide bonds. The van der Waals surface area contributed by atoms with Crippen molar-refractivity contribution >= 4 is 5.91 Å². The lowest BCUT2D eigenvalue weighted by Crippen LogP contribution is -2.30. The summed E-state index contributed by atoms with van der Waals surface area (Å²) in [5, 5.41) is 3.18. The summed E-state index contributed by atoms with van der Waals surface area (Å²) >= 11 is 0. The van der Waals surface area contributed by atoms with E-state index in [0.29, 0.717) is 19.0 Å². The van der Waals surface area contributed by atoms with Crippen molar-refractivity contribution in [2.75, 3.05) is 6.54 Å². The Morgan fingerprint density at radius 3 is 2.83 bits per heavy atom. The van der Waals surface area contributed by atoms with E-state index >= 15 is 0 Å². The zero-order chi connectivity index (χ0) is 13.5. The normalized spacial score (nSPS) is 12.4. The zero-order valence-corrected chi connectivity index (χ0v) is 11.1. The van der Waals surface area contributed by atoms with Crippen LogP contribution in [0.4, 0.5) is 0 Å². The van der Waals surface area contributed by atoms with E-state index in [4.69, 9.17) is 10.5 Å². The summed E-state index contributed by atoms with van der Waals surface area (Å²) in [5.74, 6) is 0.148. The fraction of sp³-hybridized carbons (Fsp3) is 0.538. The average molecular weight is 251 g/mol. The number of rotatable bonds is 7. The van der Waals surface area contributed by atoms with Gasteiger partial charge in [0.1, 0.15) is 0 Å². The van der Waals surface area contributed by atoms with Gasteiger partial charge >= 0.3 is 0 Å². The van der Waals surface area contributed by atoms with Crippen LogP contribution in [0.25, 0.3) is 0 Å². The minimum atomic E-state index is -0.299. The van der Waals surface area contributed by atoms with Crippen LogP contribution in [0.15, 0.2) is 18.3 Å². The van der Waals surface area contributed by atoms with E-state index in [2.05, 4.69) is 10.3 Å². The van der Waals surface area contributed by atoms with Gasteiger partial charge in [0.25, 0.3) is 0 Å². The number of carbonyl (C=O) groups is 1. The maximum Gasteiger partial charge on any atom is 0.221 e. The van der Waals surface area contributed by atoms with Gasteiger partial charge in [0.2, 0.25) is 11.8 Å². The lowest BCUT2D eigenvalue weighted by Gasteiger charge is -2.14. The van der Waals surface area contributed by atoms with Crippen molar-refractivity contribution < 1.29 is 9.53 Å². The molecule has 0 aliphatic heterocycles. The highest BCUT2D eigenvalue weighted by Crippen LogP contribution is 2.15. The number of ether oxygens (including phenoxy) is 1. The molecular formula is C13H21N3O2. The first-order chi connectivity index (χ1) is 8.50. The van der Waals surface area contributed by atoms with Crippen LogP contribution in [0.3, 0.4) is 0 Å². The molecule has 0 aliphatic rings. The molecule has 1 aromatic heterocycles. The van der Waals surface area contributed by atoms with E-state index in [1.54, 1.807) is 13.1 Å². The van der Waals surface area contributed by atoms with E-state index in [0.717, 1.165) is 5.56 Å². The summed E-state index contributed by atoms with van der Waals surface area (Å²) in [6.45, 7) is 6.87. The van der Waals surface area contributed by atoms with Gasteiger partial charge < -0.3 is 15.8 Å². The van der Waals surface area contributed by atoms with Crippen LogP contribution in [0.2, 0.25) is 0 Å². The summed E-state index contributed by atoms with van der Waals surface area (Å²) in [4.78, 5) is 15.1. The van der Waals surface area contributed by atoms with Crippen LogP contribution >= 0.6 is 0 Å². The Hall–Kier alpha value is -1.62. The summed E-state index contributed by atoms with van der Waals surface area (Å²) < 4.78 is 5.61. The van der Waals surface area contributed by atoms with E-state index < -0.39 is 0 Å². The van der Waals surface area contributed by atoms with Gasteiger partial charge in [0.05, 0.1) is 6.10 Å². The second kappa shape index (κ2) is 6.96. The number of hydrogen-bond donors (Lipinski definition) is 2. The molecule has 0 aromatic carbocycles. The van der Waals surface area contributed by atoms with Crippen molar-refractivity contribution in [3.63, 3.8) is 0 Å². The summed E-state index contributed by atoms with van der Waals surface area (Å²) in [7, 11) is 0. The van der Waals surface area contributed by atoms with E-state index in [-0.39, 0.29) is 17.9 Å². The van der Waals surface area contributed by atoms with Crippen molar-refractivity contribution in [1.82, 2.24) is 10.3 Å². The minimum Gasteiger partial charge on any atom is -0.475 e. The number of pyridine rings is 1. The standard InChI is InChI=1S/C13H21N3O2/c1-9(2)18-13-11(5-4-6-16-13)8-15-7-10(3)12(14)17/h4-6,9-10,15H,7-8H2,1-3H3,(H2,14,17). The quantitative estimate of drug-likeness (QED) is 0.760. The summed E-state index contributed by atoms with van der Waals surface area (Å²) in [5.41, 5.74) is 6.17. The summed E-state index contributed by atoms with van der Waals surface area (Å²) in [6, 6.07) is 3.81. The largest absolute Gasteiger partial charge is 0.475 e. The zero-order valence-electron chi connectivity index (χ0n) is 11.1. The monoisotopic (exact) mass is 251 g/mol. The first kappa shape index (κ1) is 14.4. The average Bonchev–Trinajstić information content (AvgIpc) is 2.30. The molecule has 100 valence electrons. The Kier molecular flexibility index (Phi) is 5.58. The maximum atomic E-state index is 10.9. The molecule has 0 aliphatic carbocycles. The highest BCUT2D eigenvalue weighted by atomic mass is 16.5. The highest BCUT2D eigenvalue weighted by molar-refractivity contribution is 5.76. The molecule has 0 saturated heterocycles. The van der Waals surface area contributed by atoms with E-state index in [1.165, 1.54) is 0 Å². The molecular weight excluding hydrogens is 230 g/mol. The molecule has 5 nitrogen and oxygen atoms in total. The van der Waals surface area contributed by atoms with Crippen molar-refractivity contribution in [2.24, 2.45) is 11.7 Å². The molecule has 3 N–H and O–H groups in total. The molecule has 1 heterocycles. The molecule has 1 aromatic rings. The van der Waals surface area contributed by atoms with Gasteiger partial charge in [-0.15, -0.1) is 0 Å². The van der Waals surface area contributed by atoms with Crippen molar-refractivity contribution in [3.8, 4) is 5.88 Å². The molecule has 18 heavy (non-hydrogen) atoms. The molecule has 0 radical (unpaired) electrons. The number of nitrogens with one attached hydrogen (secondary N) is 1. The third-order valence-corrected chi connectivity index (χ3v) is 2.45. The molecule has 1 atom stereocenters. The van der Waals surface area contributed by atoms with Gasteiger partial charge in [0, 0.05) is 30.8 Å². The molecule has 0 fully saturated rings. The van der Waals surface area contributed by atoms with Gasteiger partial charge in [-0.25, -0.2) is 4.98 Å². The molecule has 0 saturated carbocycles. The van der Waals surface area contributed by atoms with Crippen LogP contribution in [0.1, 0.15) is 26.3 Å². The second-order valence-corrected chi connectivity index (χ2v) is 4.57. The third-order valence-electron chi connectivity index (χ3n) is 2.45. The summed E-state index contributed by atoms with van der Waals surface area (Å²) in [6.07, 6.45) is 1.79. The fourth-order valence-corrected chi connectivity index (χ4v) is 1.41. The molecule has 0 bridgehead atoms. The first-order valence-electron chi connectivity index (χ1n) is 6.11. The van der Waals surface area contributed by atoms with Crippen molar-refractivity contribution in [3.05, 3.63) is 23.9 Å². The van der Waals surface area contributed by atoms with Gasteiger partial charge in [-0.2, -0.15) is 0 Å². The highest BCUT2D eigenvalue weighted by Gasteiger charge is 2.10. The van der Waals surface area contributed by atoms with E-state index in [9.17, 15) is 4.79 Å². The Labute approximate surface area is 108 Å². The number of primary amides is 1. The van der Waals surface area contributed by atoms with Crippen LogP contribution in [0.5, 0.6) is 5.88 Å². The van der Waals surface area contributed by atoms with Gasteiger partial charge in [0.15, 0.2) is 0 Å².